The number of nitrogens with one attached hydrogen (secondary N) is 2. The highest BCUT2D eigenvalue weighted by molar-refractivity contribution is 6.04. The molecule has 0 radical (unpaired) electrons. The summed E-state index contributed by atoms with van der Waals surface area (Å²) >= 11 is 0. The van der Waals surface area contributed by atoms with E-state index in [1.807, 2.05) is 12.1 Å². The summed E-state index contributed by atoms with van der Waals surface area (Å²) in [6.45, 7) is 4.22. The Morgan fingerprint density at radius 1 is 1.10 bits per heavy atom. The van der Waals surface area contributed by atoms with Crippen molar-refractivity contribution in [1.29, 1.82) is 0 Å². The second kappa shape index (κ2) is 6.88. The van der Waals surface area contributed by atoms with Crippen LogP contribution in [0.1, 0.15) is 30.6 Å². The molecular weight excluding hydrogens is 267 g/mol. The zero-order valence-corrected chi connectivity index (χ0v) is 12.2. The topological polar surface area (TPSA) is 41.1 Å². The lowest BCUT2D eigenvalue weighted by Gasteiger charge is -2.13. The standard InChI is InChI=1S/C17H19FN2O/c1-3-12(2)19-13-8-10-14(11-9-13)20-17(21)15-6-4-5-7-16(15)18/h4-12,19H,3H2,1-2H3,(H,20,21). The highest BCUT2D eigenvalue weighted by atomic mass is 19.1. The molecule has 1 unspecified atom stereocenters. The quantitative estimate of drug-likeness (QED) is 0.861. The van der Waals surface area contributed by atoms with Gasteiger partial charge in [-0.3, -0.25) is 4.79 Å². The van der Waals surface area contributed by atoms with Crippen molar-refractivity contribution >= 4 is 17.3 Å². The molecule has 0 saturated carbocycles. The molecule has 3 nitrogen and oxygen atoms in total. The molecule has 2 N–H and O–H groups in total. The lowest BCUT2D eigenvalue weighted by Crippen LogP contribution is -2.14. The Morgan fingerprint density at radius 2 is 1.71 bits per heavy atom. The Labute approximate surface area is 124 Å². The van der Waals surface area contributed by atoms with Crippen molar-refractivity contribution < 1.29 is 9.18 Å². The van der Waals surface area contributed by atoms with Crippen molar-refractivity contribution in [3.63, 3.8) is 0 Å². The van der Waals surface area contributed by atoms with Crippen LogP contribution in [-0.2, 0) is 0 Å². The first-order valence-corrected chi connectivity index (χ1v) is 7.02. The van der Waals surface area contributed by atoms with Gasteiger partial charge in [0, 0.05) is 17.4 Å². The predicted octanol–water partition coefficient (Wildman–Crippen LogP) is 4.29. The van der Waals surface area contributed by atoms with Gasteiger partial charge in [-0.1, -0.05) is 19.1 Å². The maximum atomic E-state index is 13.5. The van der Waals surface area contributed by atoms with Gasteiger partial charge in [0.15, 0.2) is 0 Å². The van der Waals surface area contributed by atoms with Gasteiger partial charge in [0.1, 0.15) is 5.82 Å². The minimum atomic E-state index is -0.523. The molecule has 0 aliphatic carbocycles. The smallest absolute Gasteiger partial charge is 0.258 e. The Balaban J connectivity index is 2.03. The average molecular weight is 286 g/mol. The van der Waals surface area contributed by atoms with Gasteiger partial charge in [0.05, 0.1) is 5.56 Å². The van der Waals surface area contributed by atoms with Crippen molar-refractivity contribution in [2.75, 3.05) is 10.6 Å². The average Bonchev–Trinajstić information content (AvgIpc) is 2.49. The molecule has 21 heavy (non-hydrogen) atoms. The molecule has 4 heteroatoms. The number of anilines is 2. The summed E-state index contributed by atoms with van der Waals surface area (Å²) in [6, 6.07) is 13.7. The van der Waals surface area contributed by atoms with Crippen LogP contribution in [0.25, 0.3) is 0 Å². The minimum Gasteiger partial charge on any atom is -0.383 e. The molecule has 1 atom stereocenters. The van der Waals surface area contributed by atoms with E-state index in [0.717, 1.165) is 12.1 Å². The van der Waals surface area contributed by atoms with Crippen LogP contribution in [-0.4, -0.2) is 11.9 Å². The van der Waals surface area contributed by atoms with E-state index in [9.17, 15) is 9.18 Å². The lowest BCUT2D eigenvalue weighted by atomic mass is 10.2. The molecule has 2 aromatic carbocycles. The van der Waals surface area contributed by atoms with E-state index in [4.69, 9.17) is 0 Å². The van der Waals surface area contributed by atoms with Crippen molar-refractivity contribution in [3.05, 3.63) is 59.9 Å². The molecule has 0 bridgehead atoms. The van der Waals surface area contributed by atoms with Crippen LogP contribution in [0, 0.1) is 5.82 Å². The number of carbonyl (C=O) groups excluding carboxylic acids is 1. The van der Waals surface area contributed by atoms with Crippen molar-refractivity contribution in [3.8, 4) is 0 Å². The first-order chi connectivity index (χ1) is 10.1. The largest absolute Gasteiger partial charge is 0.383 e. The molecule has 2 rings (SSSR count). The normalized spacial score (nSPS) is 11.8. The summed E-state index contributed by atoms with van der Waals surface area (Å²) in [4.78, 5) is 12.0. The summed E-state index contributed by atoms with van der Waals surface area (Å²) in [5.41, 5.74) is 1.67. The maximum Gasteiger partial charge on any atom is 0.258 e. The Bertz CT molecular complexity index is 610. The molecule has 0 fully saturated rings. The fourth-order valence-corrected chi connectivity index (χ4v) is 1.88. The number of hydrogen-bond donors (Lipinski definition) is 2. The second-order valence-corrected chi connectivity index (χ2v) is 4.96. The van der Waals surface area contributed by atoms with E-state index in [2.05, 4.69) is 24.5 Å². The Hall–Kier alpha value is -2.36. The number of rotatable bonds is 5. The monoisotopic (exact) mass is 286 g/mol. The van der Waals surface area contributed by atoms with E-state index >= 15 is 0 Å². The van der Waals surface area contributed by atoms with Gasteiger partial charge < -0.3 is 10.6 Å². The molecule has 0 aliphatic heterocycles. The first-order valence-electron chi connectivity index (χ1n) is 7.02. The van der Waals surface area contributed by atoms with Crippen molar-refractivity contribution in [2.24, 2.45) is 0 Å². The molecule has 2 aromatic rings. The van der Waals surface area contributed by atoms with Gasteiger partial charge in [-0.05, 0) is 49.7 Å². The van der Waals surface area contributed by atoms with Crippen LogP contribution in [0.4, 0.5) is 15.8 Å². The van der Waals surface area contributed by atoms with Gasteiger partial charge in [-0.25, -0.2) is 4.39 Å². The third-order valence-corrected chi connectivity index (χ3v) is 3.29. The molecule has 0 aliphatic rings. The van der Waals surface area contributed by atoms with Gasteiger partial charge in [-0.15, -0.1) is 0 Å². The lowest BCUT2D eigenvalue weighted by molar-refractivity contribution is 0.102. The third-order valence-electron chi connectivity index (χ3n) is 3.29. The Kier molecular flexibility index (Phi) is 4.93. The number of amides is 1. The van der Waals surface area contributed by atoms with Gasteiger partial charge in [-0.2, -0.15) is 0 Å². The zero-order chi connectivity index (χ0) is 15.2. The summed E-state index contributed by atoms with van der Waals surface area (Å²) in [6.07, 6.45) is 1.03. The molecular formula is C17H19FN2O. The van der Waals surface area contributed by atoms with E-state index < -0.39 is 11.7 Å². The first kappa shape index (κ1) is 15.0. The highest BCUT2D eigenvalue weighted by Crippen LogP contribution is 2.16. The SMILES string of the molecule is CCC(C)Nc1ccc(NC(=O)c2ccccc2F)cc1. The van der Waals surface area contributed by atoms with E-state index in [-0.39, 0.29) is 5.56 Å². The van der Waals surface area contributed by atoms with Crippen molar-refractivity contribution in [1.82, 2.24) is 0 Å². The van der Waals surface area contributed by atoms with Gasteiger partial charge in [0.25, 0.3) is 5.91 Å². The molecule has 0 aromatic heterocycles. The fraction of sp³-hybridized carbons (Fsp3) is 0.235. The Morgan fingerprint density at radius 3 is 2.33 bits per heavy atom. The van der Waals surface area contributed by atoms with E-state index in [0.29, 0.717) is 11.7 Å². The van der Waals surface area contributed by atoms with Crippen LogP contribution in [0.3, 0.4) is 0 Å². The van der Waals surface area contributed by atoms with Gasteiger partial charge in [0.2, 0.25) is 0 Å². The summed E-state index contributed by atoms with van der Waals surface area (Å²) in [5, 5.41) is 6.03. The minimum absolute atomic E-state index is 0.0410. The second-order valence-electron chi connectivity index (χ2n) is 4.96. The molecule has 0 saturated heterocycles. The van der Waals surface area contributed by atoms with Crippen molar-refractivity contribution in [2.45, 2.75) is 26.3 Å². The number of benzene rings is 2. The van der Waals surface area contributed by atoms with Gasteiger partial charge >= 0.3 is 0 Å². The summed E-state index contributed by atoms with van der Waals surface area (Å²) in [5.74, 6) is -0.971. The molecule has 1 amide bonds. The van der Waals surface area contributed by atoms with Crippen LogP contribution in [0.2, 0.25) is 0 Å². The fourth-order valence-electron chi connectivity index (χ4n) is 1.88. The molecule has 0 spiro atoms. The zero-order valence-electron chi connectivity index (χ0n) is 12.2. The number of hydrogen-bond acceptors (Lipinski definition) is 2. The highest BCUT2D eigenvalue weighted by Gasteiger charge is 2.10. The van der Waals surface area contributed by atoms with Crippen LogP contribution in [0.15, 0.2) is 48.5 Å². The summed E-state index contributed by atoms with van der Waals surface area (Å²) in [7, 11) is 0. The van der Waals surface area contributed by atoms with E-state index in [1.54, 1.807) is 24.3 Å². The maximum absolute atomic E-state index is 13.5. The number of carbonyl (C=O) groups is 1. The van der Waals surface area contributed by atoms with Crippen LogP contribution < -0.4 is 10.6 Å². The van der Waals surface area contributed by atoms with Crippen LogP contribution in [0.5, 0.6) is 0 Å². The summed E-state index contributed by atoms with van der Waals surface area (Å²) < 4.78 is 13.5. The molecule has 110 valence electrons. The third kappa shape index (κ3) is 4.05. The van der Waals surface area contributed by atoms with Crippen LogP contribution >= 0.6 is 0 Å². The predicted molar refractivity (Wildman–Crippen MR) is 84.2 cm³/mol. The number of halogens is 1. The molecule has 0 heterocycles. The van der Waals surface area contributed by atoms with E-state index in [1.165, 1.54) is 12.1 Å².